The van der Waals surface area contributed by atoms with E-state index in [0.717, 1.165) is 10.8 Å². The van der Waals surface area contributed by atoms with Crippen LogP contribution in [-0.2, 0) is 9.53 Å². The van der Waals surface area contributed by atoms with Crippen LogP contribution in [0.1, 0.15) is 20.8 Å². The van der Waals surface area contributed by atoms with Gasteiger partial charge in [-0.1, -0.05) is 30.3 Å². The normalized spacial score (nSPS) is 12.1. The van der Waals surface area contributed by atoms with Crippen molar-refractivity contribution in [1.82, 2.24) is 0 Å². The molecule has 0 N–H and O–H groups in total. The van der Waals surface area contributed by atoms with Gasteiger partial charge in [0.05, 0.1) is 11.5 Å². The molecule has 31 heavy (non-hydrogen) atoms. The Morgan fingerprint density at radius 2 is 1.65 bits per heavy atom. The van der Waals surface area contributed by atoms with Crippen LogP contribution in [0.25, 0.3) is 21.7 Å². The van der Waals surface area contributed by atoms with E-state index in [1.807, 2.05) is 36.4 Å². The second kappa shape index (κ2) is 8.52. The van der Waals surface area contributed by atoms with E-state index < -0.39 is 12.1 Å². The maximum absolute atomic E-state index is 12.9. The molecule has 0 aliphatic carbocycles. The van der Waals surface area contributed by atoms with Gasteiger partial charge in [0.1, 0.15) is 23.3 Å². The van der Waals surface area contributed by atoms with Crippen LogP contribution in [0.2, 0.25) is 0 Å². The summed E-state index contributed by atoms with van der Waals surface area (Å²) < 4.78 is 22.2. The van der Waals surface area contributed by atoms with Gasteiger partial charge in [-0.15, -0.1) is 0 Å². The third kappa shape index (κ3) is 4.53. The smallest absolute Gasteiger partial charge is 0.347 e. The molecular formula is C25H22O6. The van der Waals surface area contributed by atoms with Gasteiger partial charge in [0.15, 0.2) is 6.10 Å². The summed E-state index contributed by atoms with van der Waals surface area (Å²) >= 11 is 0. The third-order valence-electron chi connectivity index (χ3n) is 4.66. The molecule has 0 spiro atoms. The number of hydrogen-bond donors (Lipinski definition) is 0. The lowest BCUT2D eigenvalue weighted by Gasteiger charge is -2.15. The van der Waals surface area contributed by atoms with Gasteiger partial charge in [-0.3, -0.25) is 4.79 Å². The number of ether oxygens (including phenoxy) is 3. The van der Waals surface area contributed by atoms with E-state index in [-0.39, 0.29) is 17.3 Å². The van der Waals surface area contributed by atoms with E-state index in [0.29, 0.717) is 22.5 Å². The zero-order valence-corrected chi connectivity index (χ0v) is 17.5. The second-order valence-electron chi connectivity index (χ2n) is 7.44. The summed E-state index contributed by atoms with van der Waals surface area (Å²) in [6.45, 7) is 5.14. The van der Waals surface area contributed by atoms with E-state index in [1.54, 1.807) is 45.0 Å². The van der Waals surface area contributed by atoms with Gasteiger partial charge < -0.3 is 18.6 Å². The molecule has 0 bridgehead atoms. The minimum absolute atomic E-state index is 0.0883. The van der Waals surface area contributed by atoms with Crippen molar-refractivity contribution in [3.63, 3.8) is 0 Å². The number of esters is 1. The van der Waals surface area contributed by atoms with Crippen molar-refractivity contribution in [2.75, 3.05) is 0 Å². The zero-order valence-electron chi connectivity index (χ0n) is 17.5. The molecule has 0 amide bonds. The molecule has 1 aromatic heterocycles. The molecule has 0 aliphatic rings. The van der Waals surface area contributed by atoms with E-state index >= 15 is 0 Å². The molecule has 3 aromatic carbocycles. The van der Waals surface area contributed by atoms with E-state index in [9.17, 15) is 9.59 Å². The highest BCUT2D eigenvalue weighted by molar-refractivity contribution is 5.84. The molecule has 0 aliphatic heterocycles. The summed E-state index contributed by atoms with van der Waals surface area (Å²) in [4.78, 5) is 24.8. The molecule has 0 unspecified atom stereocenters. The average molecular weight is 418 g/mol. The Labute approximate surface area is 179 Å². The predicted molar refractivity (Wildman–Crippen MR) is 118 cm³/mol. The van der Waals surface area contributed by atoms with Crippen molar-refractivity contribution < 1.29 is 23.4 Å². The van der Waals surface area contributed by atoms with Crippen LogP contribution >= 0.6 is 0 Å². The first-order valence-electron chi connectivity index (χ1n) is 10.00. The number of fused-ring (bicyclic) bond motifs is 2. The molecule has 4 aromatic rings. The van der Waals surface area contributed by atoms with Gasteiger partial charge in [-0.2, -0.15) is 0 Å². The molecule has 6 heteroatoms. The second-order valence-corrected chi connectivity index (χ2v) is 7.44. The number of carbonyl (C=O) groups is 1. The summed E-state index contributed by atoms with van der Waals surface area (Å²) in [5.41, 5.74) is 0.0333. The quantitative estimate of drug-likeness (QED) is 0.387. The number of rotatable bonds is 6. The fourth-order valence-corrected chi connectivity index (χ4v) is 3.17. The zero-order chi connectivity index (χ0) is 22.0. The van der Waals surface area contributed by atoms with Crippen molar-refractivity contribution in [3.8, 4) is 17.2 Å². The van der Waals surface area contributed by atoms with Gasteiger partial charge in [-0.05, 0) is 55.8 Å². The third-order valence-corrected chi connectivity index (χ3v) is 4.66. The monoisotopic (exact) mass is 418 g/mol. The molecule has 1 atom stereocenters. The first-order valence-corrected chi connectivity index (χ1v) is 10.00. The largest absolute Gasteiger partial charge is 0.479 e. The van der Waals surface area contributed by atoms with Crippen molar-refractivity contribution in [1.29, 1.82) is 0 Å². The van der Waals surface area contributed by atoms with E-state index in [1.165, 1.54) is 6.26 Å². The maximum atomic E-state index is 12.9. The van der Waals surface area contributed by atoms with Crippen LogP contribution in [0.5, 0.6) is 17.2 Å². The summed E-state index contributed by atoms with van der Waals surface area (Å²) in [6, 6.07) is 18.3. The van der Waals surface area contributed by atoms with Crippen molar-refractivity contribution in [2.24, 2.45) is 0 Å². The molecule has 0 saturated heterocycles. The van der Waals surface area contributed by atoms with Crippen LogP contribution in [0.15, 0.2) is 76.1 Å². The van der Waals surface area contributed by atoms with Gasteiger partial charge in [0.2, 0.25) is 11.2 Å². The first-order chi connectivity index (χ1) is 14.9. The van der Waals surface area contributed by atoms with Gasteiger partial charge >= 0.3 is 5.97 Å². The van der Waals surface area contributed by atoms with Gasteiger partial charge in [-0.25, -0.2) is 4.79 Å². The fourth-order valence-electron chi connectivity index (χ4n) is 3.17. The predicted octanol–water partition coefficient (Wildman–Crippen LogP) is 5.46. The van der Waals surface area contributed by atoms with E-state index in [4.69, 9.17) is 18.6 Å². The Morgan fingerprint density at radius 3 is 2.42 bits per heavy atom. The lowest BCUT2D eigenvalue weighted by atomic mass is 10.1. The van der Waals surface area contributed by atoms with E-state index in [2.05, 4.69) is 0 Å². The highest BCUT2D eigenvalue weighted by atomic mass is 16.6. The minimum atomic E-state index is -0.790. The molecule has 0 saturated carbocycles. The Balaban J connectivity index is 1.57. The van der Waals surface area contributed by atoms with Crippen molar-refractivity contribution in [3.05, 3.63) is 77.2 Å². The fraction of sp³-hybridized carbons (Fsp3) is 0.200. The Morgan fingerprint density at radius 1 is 0.903 bits per heavy atom. The lowest BCUT2D eigenvalue weighted by Crippen LogP contribution is -2.28. The van der Waals surface area contributed by atoms with Gasteiger partial charge in [0, 0.05) is 6.07 Å². The summed E-state index contributed by atoms with van der Waals surface area (Å²) in [5, 5.41) is 2.44. The van der Waals surface area contributed by atoms with Crippen LogP contribution < -0.4 is 14.9 Å². The van der Waals surface area contributed by atoms with Gasteiger partial charge in [0.25, 0.3) is 0 Å². The maximum Gasteiger partial charge on any atom is 0.347 e. The molecular weight excluding hydrogens is 396 g/mol. The number of benzene rings is 3. The molecule has 0 fully saturated rings. The van der Waals surface area contributed by atoms with Crippen molar-refractivity contribution in [2.45, 2.75) is 33.0 Å². The lowest BCUT2D eigenvalue weighted by molar-refractivity contribution is -0.154. The SMILES string of the molecule is CC(C)OC(=O)[C@@H](C)Oc1ccc2c(=O)c(Oc3ccc4ccccc4c3)coc2c1. The number of carbonyl (C=O) groups excluding carboxylic acids is 1. The summed E-state index contributed by atoms with van der Waals surface area (Å²) in [6.07, 6.45) is 0.261. The molecule has 4 rings (SSSR count). The molecule has 158 valence electrons. The summed E-state index contributed by atoms with van der Waals surface area (Å²) in [7, 11) is 0. The topological polar surface area (TPSA) is 75.0 Å². The number of hydrogen-bond acceptors (Lipinski definition) is 6. The summed E-state index contributed by atoms with van der Waals surface area (Å²) in [5.74, 6) is 0.566. The van der Waals surface area contributed by atoms with Crippen LogP contribution in [0, 0.1) is 0 Å². The van der Waals surface area contributed by atoms with Crippen LogP contribution in [-0.4, -0.2) is 18.2 Å². The van der Waals surface area contributed by atoms with Crippen molar-refractivity contribution >= 4 is 27.7 Å². The Hall–Kier alpha value is -3.80. The molecule has 0 radical (unpaired) electrons. The molecule has 6 nitrogen and oxygen atoms in total. The Bertz CT molecular complexity index is 1300. The minimum Gasteiger partial charge on any atom is -0.479 e. The van der Waals surface area contributed by atoms with Crippen LogP contribution in [0.4, 0.5) is 0 Å². The average Bonchev–Trinajstić information content (AvgIpc) is 2.75. The molecule has 1 heterocycles. The highest BCUT2D eigenvalue weighted by Crippen LogP contribution is 2.27. The standard InChI is InChI=1S/C25H22O6/c1-15(2)29-25(27)16(3)30-20-10-11-21-22(13-20)28-14-23(24(21)26)31-19-9-8-17-6-4-5-7-18(17)12-19/h4-16H,1-3H3/t16-/m1/s1. The Kier molecular flexibility index (Phi) is 5.62. The highest BCUT2D eigenvalue weighted by Gasteiger charge is 2.18. The first kappa shape index (κ1) is 20.5. The van der Waals surface area contributed by atoms with Crippen LogP contribution in [0.3, 0.4) is 0 Å².